The van der Waals surface area contributed by atoms with E-state index in [2.05, 4.69) is 4.74 Å². The molecule has 1 aliphatic heterocycles. The van der Waals surface area contributed by atoms with Crippen molar-refractivity contribution in [2.75, 3.05) is 18.1 Å². The minimum Gasteiger partial charge on any atom is -0.383 e. The lowest BCUT2D eigenvalue weighted by Crippen LogP contribution is -2.49. The Bertz CT molecular complexity index is 737. The number of hydrogen-bond donors (Lipinski definition) is 0. The summed E-state index contributed by atoms with van der Waals surface area (Å²) in [6, 6.07) is 2.81. The molecule has 12 heteroatoms. The molecule has 1 saturated heterocycles. The molecule has 1 aromatic carbocycles. The van der Waals surface area contributed by atoms with Gasteiger partial charge in [-0.2, -0.15) is 26.3 Å². The van der Waals surface area contributed by atoms with Crippen LogP contribution in [0.25, 0.3) is 0 Å². The summed E-state index contributed by atoms with van der Waals surface area (Å²) in [5.41, 5.74) is -0.722. The zero-order chi connectivity index (χ0) is 21.1. The standard InChI is InChI=1S/C16H13F6NO5/c17-15(18,19)13(25)23(11-5-7-27-8-6-11)10-3-1-9(2-4-10)12(24)28-14(26)16(20,21)22/h1-4,11H,5-8H2. The number of benzene rings is 1. The van der Waals surface area contributed by atoms with Crippen molar-refractivity contribution < 1.29 is 50.2 Å². The molecule has 0 saturated carbocycles. The average molecular weight is 413 g/mol. The van der Waals surface area contributed by atoms with Crippen molar-refractivity contribution in [1.82, 2.24) is 0 Å². The van der Waals surface area contributed by atoms with E-state index in [1.54, 1.807) is 0 Å². The third-order valence-corrected chi connectivity index (χ3v) is 3.82. The van der Waals surface area contributed by atoms with Gasteiger partial charge in [-0.1, -0.05) is 0 Å². The van der Waals surface area contributed by atoms with Gasteiger partial charge < -0.3 is 14.4 Å². The Morgan fingerprint density at radius 2 is 1.46 bits per heavy atom. The van der Waals surface area contributed by atoms with Crippen molar-refractivity contribution in [3.63, 3.8) is 0 Å². The van der Waals surface area contributed by atoms with Crippen molar-refractivity contribution in [3.8, 4) is 0 Å². The summed E-state index contributed by atoms with van der Waals surface area (Å²) < 4.78 is 83.9. The van der Waals surface area contributed by atoms with Crippen LogP contribution in [0.5, 0.6) is 0 Å². The zero-order valence-electron chi connectivity index (χ0n) is 14.0. The van der Waals surface area contributed by atoms with Gasteiger partial charge in [0.1, 0.15) is 0 Å². The summed E-state index contributed by atoms with van der Waals surface area (Å²) in [6.07, 6.45) is -10.2. The van der Waals surface area contributed by atoms with Crippen LogP contribution in [-0.2, 0) is 19.1 Å². The van der Waals surface area contributed by atoms with Crippen LogP contribution < -0.4 is 4.90 Å². The van der Waals surface area contributed by atoms with Gasteiger partial charge in [0, 0.05) is 24.9 Å². The number of carbonyl (C=O) groups excluding carboxylic acids is 3. The highest BCUT2D eigenvalue weighted by Gasteiger charge is 2.46. The minimum absolute atomic E-state index is 0.145. The molecule has 0 N–H and O–H groups in total. The van der Waals surface area contributed by atoms with Gasteiger partial charge in [-0.15, -0.1) is 0 Å². The van der Waals surface area contributed by atoms with Crippen LogP contribution in [0.1, 0.15) is 23.2 Å². The molecular weight excluding hydrogens is 400 g/mol. The maximum absolute atomic E-state index is 13.0. The highest BCUT2D eigenvalue weighted by Crippen LogP contribution is 2.29. The number of esters is 2. The Kier molecular flexibility index (Phi) is 6.32. The van der Waals surface area contributed by atoms with Crippen molar-refractivity contribution in [2.45, 2.75) is 31.2 Å². The van der Waals surface area contributed by atoms with Crippen LogP contribution in [0.15, 0.2) is 24.3 Å². The molecule has 1 aliphatic rings. The number of hydrogen-bond acceptors (Lipinski definition) is 5. The second-order valence-corrected chi connectivity index (χ2v) is 5.74. The Labute approximate surface area is 154 Å². The monoisotopic (exact) mass is 413 g/mol. The molecule has 0 aromatic heterocycles. The van der Waals surface area contributed by atoms with Crippen molar-refractivity contribution in [2.24, 2.45) is 0 Å². The predicted octanol–water partition coefficient (Wildman–Crippen LogP) is 3.01. The van der Waals surface area contributed by atoms with Crippen LogP contribution in [0, 0.1) is 0 Å². The molecule has 154 valence electrons. The summed E-state index contributed by atoms with van der Waals surface area (Å²) in [6.45, 7) is 0.298. The fourth-order valence-electron chi connectivity index (χ4n) is 2.53. The first-order valence-corrected chi connectivity index (χ1v) is 7.83. The van der Waals surface area contributed by atoms with E-state index in [0.717, 1.165) is 24.3 Å². The summed E-state index contributed by atoms with van der Waals surface area (Å²) >= 11 is 0. The van der Waals surface area contributed by atoms with E-state index < -0.39 is 41.8 Å². The molecule has 0 atom stereocenters. The molecule has 1 amide bonds. The molecule has 1 aromatic rings. The van der Waals surface area contributed by atoms with E-state index in [9.17, 15) is 40.7 Å². The second kappa shape index (κ2) is 8.17. The Morgan fingerprint density at radius 1 is 0.929 bits per heavy atom. The number of anilines is 1. The maximum Gasteiger partial charge on any atom is 0.491 e. The van der Waals surface area contributed by atoms with E-state index in [0.29, 0.717) is 4.90 Å². The lowest BCUT2D eigenvalue weighted by molar-refractivity contribution is -0.193. The first kappa shape index (κ1) is 21.7. The van der Waals surface area contributed by atoms with Gasteiger partial charge >= 0.3 is 30.2 Å². The lowest BCUT2D eigenvalue weighted by atomic mass is 10.0. The van der Waals surface area contributed by atoms with E-state index in [-0.39, 0.29) is 31.7 Å². The van der Waals surface area contributed by atoms with Gasteiger partial charge in [0.15, 0.2) is 0 Å². The quantitative estimate of drug-likeness (QED) is 0.433. The van der Waals surface area contributed by atoms with Crippen LogP contribution in [0.2, 0.25) is 0 Å². The fraction of sp³-hybridized carbons (Fsp3) is 0.438. The normalized spacial score (nSPS) is 15.8. The van der Waals surface area contributed by atoms with Crippen molar-refractivity contribution in [3.05, 3.63) is 29.8 Å². The molecule has 0 aliphatic carbocycles. The Hall–Kier alpha value is -2.63. The fourth-order valence-corrected chi connectivity index (χ4v) is 2.53. The predicted molar refractivity (Wildman–Crippen MR) is 80.3 cm³/mol. The van der Waals surface area contributed by atoms with Gasteiger partial charge in [0.25, 0.3) is 0 Å². The third-order valence-electron chi connectivity index (χ3n) is 3.82. The highest BCUT2D eigenvalue weighted by atomic mass is 19.4. The highest BCUT2D eigenvalue weighted by molar-refractivity contribution is 6.00. The second-order valence-electron chi connectivity index (χ2n) is 5.74. The van der Waals surface area contributed by atoms with Gasteiger partial charge in [-0.25, -0.2) is 9.59 Å². The first-order valence-electron chi connectivity index (χ1n) is 7.83. The van der Waals surface area contributed by atoms with Gasteiger partial charge in [0.2, 0.25) is 0 Å². The molecule has 2 rings (SSSR count). The third kappa shape index (κ3) is 5.21. The summed E-state index contributed by atoms with van der Waals surface area (Å²) in [5, 5.41) is 0. The van der Waals surface area contributed by atoms with E-state index in [4.69, 9.17) is 4.74 Å². The molecule has 0 radical (unpaired) electrons. The summed E-state index contributed by atoms with van der Waals surface area (Å²) in [7, 11) is 0. The van der Waals surface area contributed by atoms with Crippen LogP contribution >= 0.6 is 0 Å². The van der Waals surface area contributed by atoms with E-state index >= 15 is 0 Å². The molecule has 0 spiro atoms. The van der Waals surface area contributed by atoms with Crippen LogP contribution in [0.4, 0.5) is 32.0 Å². The number of ether oxygens (including phenoxy) is 2. The molecule has 28 heavy (non-hydrogen) atoms. The molecule has 1 fully saturated rings. The number of carbonyl (C=O) groups is 3. The molecular formula is C16H13F6NO5. The zero-order valence-corrected chi connectivity index (χ0v) is 14.0. The number of amides is 1. The van der Waals surface area contributed by atoms with Crippen LogP contribution in [-0.4, -0.2) is 49.5 Å². The van der Waals surface area contributed by atoms with Crippen molar-refractivity contribution in [1.29, 1.82) is 0 Å². The van der Waals surface area contributed by atoms with Gasteiger partial charge in [0.05, 0.1) is 5.56 Å². The topological polar surface area (TPSA) is 72.9 Å². The maximum atomic E-state index is 13.0. The Balaban J connectivity index is 2.24. The summed E-state index contributed by atoms with van der Waals surface area (Å²) in [4.78, 5) is 34.6. The van der Waals surface area contributed by atoms with Crippen LogP contribution in [0.3, 0.4) is 0 Å². The SMILES string of the molecule is O=C(OC(=O)C(F)(F)F)c1ccc(N(C(=O)C(F)(F)F)C2CCOCC2)cc1. The van der Waals surface area contributed by atoms with E-state index in [1.165, 1.54) is 0 Å². The smallest absolute Gasteiger partial charge is 0.383 e. The number of rotatable bonds is 3. The molecule has 1 heterocycles. The largest absolute Gasteiger partial charge is 0.491 e. The number of halogens is 6. The summed E-state index contributed by atoms with van der Waals surface area (Å²) in [5.74, 6) is -6.48. The molecule has 6 nitrogen and oxygen atoms in total. The Morgan fingerprint density at radius 3 is 1.93 bits per heavy atom. The van der Waals surface area contributed by atoms with Crippen molar-refractivity contribution >= 4 is 23.5 Å². The molecule has 0 unspecified atom stereocenters. The lowest BCUT2D eigenvalue weighted by Gasteiger charge is -2.34. The average Bonchev–Trinajstić information content (AvgIpc) is 2.61. The number of alkyl halides is 6. The van der Waals surface area contributed by atoms with Gasteiger partial charge in [-0.05, 0) is 37.1 Å². The van der Waals surface area contributed by atoms with Gasteiger partial charge in [-0.3, -0.25) is 4.79 Å². The minimum atomic E-state index is -5.38. The number of nitrogens with zero attached hydrogens (tertiary/aromatic N) is 1. The van der Waals surface area contributed by atoms with E-state index in [1.807, 2.05) is 0 Å². The molecule has 0 bridgehead atoms. The first-order chi connectivity index (χ1) is 12.9.